The Bertz CT molecular complexity index is 1430. The summed E-state index contributed by atoms with van der Waals surface area (Å²) in [4.78, 5) is 4.71. The molecule has 0 aliphatic carbocycles. The van der Waals surface area contributed by atoms with Crippen LogP contribution < -0.4 is 4.74 Å². The molecule has 0 atom stereocenters. The van der Waals surface area contributed by atoms with Gasteiger partial charge in [-0.1, -0.05) is 60.9 Å². The largest absolute Gasteiger partial charge is 0.490 e. The Morgan fingerprint density at radius 3 is 2.26 bits per heavy atom. The summed E-state index contributed by atoms with van der Waals surface area (Å²) in [5.74, 6) is 0.0129. The second-order valence-electron chi connectivity index (χ2n) is 10.1. The molecule has 0 unspecified atom stereocenters. The Morgan fingerprint density at radius 1 is 0.921 bits per heavy atom. The normalized spacial score (nSPS) is 12.1. The number of thioether (sulfide) groups is 1. The molecule has 4 aromatic rings. The lowest BCUT2D eigenvalue weighted by Crippen LogP contribution is -2.28. The maximum atomic E-state index is 14.0. The van der Waals surface area contributed by atoms with Crippen molar-refractivity contribution in [2.75, 3.05) is 6.61 Å². The lowest BCUT2D eigenvalue weighted by molar-refractivity contribution is 0.0281. The molecule has 3 aromatic carbocycles. The van der Waals surface area contributed by atoms with Gasteiger partial charge in [0.05, 0.1) is 27.5 Å². The zero-order chi connectivity index (χ0) is 27.7. The molecule has 0 amide bonds. The predicted molar refractivity (Wildman–Crippen MR) is 150 cm³/mol. The number of hydrogen-bond acceptors (Lipinski definition) is 4. The summed E-state index contributed by atoms with van der Waals surface area (Å²) in [6, 6.07) is 16.1. The van der Waals surface area contributed by atoms with E-state index in [1.54, 1.807) is 44.3 Å². The fourth-order valence-corrected chi connectivity index (χ4v) is 5.21. The average molecular weight is 578 g/mol. The number of ether oxygens (including phenoxy) is 1. The number of hydrogen-bond donors (Lipinski definition) is 1. The molecule has 0 radical (unpaired) electrons. The lowest BCUT2D eigenvalue weighted by atomic mass is 9.81. The lowest BCUT2D eigenvalue weighted by Gasteiger charge is -2.28. The molecule has 38 heavy (non-hydrogen) atoms. The first-order chi connectivity index (χ1) is 17.8. The number of benzene rings is 3. The van der Waals surface area contributed by atoms with Gasteiger partial charge in [-0.05, 0) is 61.9 Å². The summed E-state index contributed by atoms with van der Waals surface area (Å²) in [6.07, 6.45) is 1.80. The van der Waals surface area contributed by atoms with Crippen LogP contribution in [0.3, 0.4) is 0 Å². The van der Waals surface area contributed by atoms with Crippen LogP contribution in [0, 0.1) is 11.6 Å². The molecule has 200 valence electrons. The standard InChI is InChI=1S/C29H28Cl2F2N2O2S/c1-28(2,36)17-37-25-14-21(33)7-5-18(25)16-38-27-34-15-26(35(27)22-10-8-20(32)9-11-22)29(3,4)19-6-12-23(30)24(31)13-19/h5-15,36H,16-17H2,1-4H3. The van der Waals surface area contributed by atoms with E-state index in [2.05, 4.69) is 13.8 Å². The van der Waals surface area contributed by atoms with Crippen LogP contribution in [0.4, 0.5) is 8.78 Å². The van der Waals surface area contributed by atoms with Gasteiger partial charge in [0, 0.05) is 28.5 Å². The van der Waals surface area contributed by atoms with Crippen LogP contribution in [-0.4, -0.2) is 26.9 Å². The van der Waals surface area contributed by atoms with Gasteiger partial charge in [-0.15, -0.1) is 0 Å². The molecule has 4 nitrogen and oxygen atoms in total. The zero-order valence-corrected chi connectivity index (χ0v) is 23.8. The maximum absolute atomic E-state index is 14.0. The average Bonchev–Trinajstić information content (AvgIpc) is 3.28. The fraction of sp³-hybridized carbons (Fsp3) is 0.276. The second-order valence-corrected chi connectivity index (χ2v) is 11.9. The molecule has 0 bridgehead atoms. The first-order valence-corrected chi connectivity index (χ1v) is 13.7. The van der Waals surface area contributed by atoms with Gasteiger partial charge in [0.15, 0.2) is 5.16 Å². The van der Waals surface area contributed by atoms with Gasteiger partial charge in [0.1, 0.15) is 24.0 Å². The Balaban J connectivity index is 1.72. The number of aliphatic hydroxyl groups is 1. The molecule has 0 spiro atoms. The Hall–Kier alpha value is -2.58. The van der Waals surface area contributed by atoms with E-state index in [9.17, 15) is 13.9 Å². The van der Waals surface area contributed by atoms with E-state index in [1.165, 1.54) is 36.0 Å². The third-order valence-electron chi connectivity index (χ3n) is 6.06. The van der Waals surface area contributed by atoms with Crippen LogP contribution in [0.5, 0.6) is 5.75 Å². The van der Waals surface area contributed by atoms with Crippen molar-refractivity contribution in [1.29, 1.82) is 0 Å². The molecule has 0 aliphatic rings. The van der Waals surface area contributed by atoms with Crippen LogP contribution >= 0.6 is 35.0 Å². The van der Waals surface area contributed by atoms with Gasteiger partial charge in [0.25, 0.3) is 0 Å². The van der Waals surface area contributed by atoms with E-state index < -0.39 is 16.8 Å². The van der Waals surface area contributed by atoms with Crippen molar-refractivity contribution in [3.63, 3.8) is 0 Å². The topological polar surface area (TPSA) is 47.3 Å². The highest BCUT2D eigenvalue weighted by Crippen LogP contribution is 2.39. The van der Waals surface area contributed by atoms with Crippen LogP contribution in [0.15, 0.2) is 72.0 Å². The predicted octanol–water partition coefficient (Wildman–Crippen LogP) is 8.23. The van der Waals surface area contributed by atoms with E-state index in [0.29, 0.717) is 26.7 Å². The van der Waals surface area contributed by atoms with E-state index in [0.717, 1.165) is 22.5 Å². The first-order valence-electron chi connectivity index (χ1n) is 11.9. The molecule has 1 aromatic heterocycles. The van der Waals surface area contributed by atoms with Crippen molar-refractivity contribution in [1.82, 2.24) is 9.55 Å². The second kappa shape index (κ2) is 11.3. The number of imidazole rings is 1. The van der Waals surface area contributed by atoms with Crippen LogP contribution in [0.2, 0.25) is 10.0 Å². The van der Waals surface area contributed by atoms with Crippen LogP contribution in [0.1, 0.15) is 44.5 Å². The highest BCUT2D eigenvalue weighted by Gasteiger charge is 2.30. The third-order valence-corrected chi connectivity index (χ3v) is 7.80. The van der Waals surface area contributed by atoms with Crippen LogP contribution in [-0.2, 0) is 11.2 Å². The number of nitrogens with zero attached hydrogens (tertiary/aromatic N) is 2. The van der Waals surface area contributed by atoms with Crippen molar-refractivity contribution >= 4 is 35.0 Å². The molecule has 0 fully saturated rings. The Labute approximate surface area is 235 Å². The summed E-state index contributed by atoms with van der Waals surface area (Å²) in [5, 5.41) is 11.6. The summed E-state index contributed by atoms with van der Waals surface area (Å²) < 4.78 is 35.5. The molecule has 1 heterocycles. The molecule has 0 saturated heterocycles. The van der Waals surface area contributed by atoms with Crippen molar-refractivity contribution in [3.8, 4) is 11.4 Å². The summed E-state index contributed by atoms with van der Waals surface area (Å²) >= 11 is 13.9. The molecule has 0 aliphatic heterocycles. The monoisotopic (exact) mass is 576 g/mol. The van der Waals surface area contributed by atoms with E-state index in [-0.39, 0.29) is 12.4 Å². The van der Waals surface area contributed by atoms with Gasteiger partial charge in [-0.3, -0.25) is 4.57 Å². The minimum absolute atomic E-state index is 0.0142. The highest BCUT2D eigenvalue weighted by atomic mass is 35.5. The summed E-state index contributed by atoms with van der Waals surface area (Å²) in [5.41, 5.74) is 1.69. The van der Waals surface area contributed by atoms with Gasteiger partial charge < -0.3 is 9.84 Å². The van der Waals surface area contributed by atoms with Crippen molar-refractivity contribution in [2.45, 2.75) is 49.6 Å². The van der Waals surface area contributed by atoms with Gasteiger partial charge >= 0.3 is 0 Å². The number of aromatic nitrogens is 2. The maximum Gasteiger partial charge on any atom is 0.173 e. The molecule has 9 heteroatoms. The van der Waals surface area contributed by atoms with E-state index in [1.807, 2.05) is 16.7 Å². The number of halogens is 4. The van der Waals surface area contributed by atoms with Crippen LogP contribution in [0.25, 0.3) is 5.69 Å². The molecular formula is C29H28Cl2F2N2O2S. The summed E-state index contributed by atoms with van der Waals surface area (Å²) in [7, 11) is 0. The van der Waals surface area contributed by atoms with Crippen molar-refractivity contribution in [3.05, 3.63) is 105 Å². The minimum Gasteiger partial charge on any atom is -0.490 e. The molecular weight excluding hydrogens is 549 g/mol. The van der Waals surface area contributed by atoms with E-state index in [4.69, 9.17) is 32.9 Å². The van der Waals surface area contributed by atoms with Gasteiger partial charge in [-0.2, -0.15) is 0 Å². The van der Waals surface area contributed by atoms with E-state index >= 15 is 0 Å². The van der Waals surface area contributed by atoms with Crippen molar-refractivity contribution in [2.24, 2.45) is 0 Å². The Kier molecular flexibility index (Phi) is 8.43. The highest BCUT2D eigenvalue weighted by molar-refractivity contribution is 7.98. The summed E-state index contributed by atoms with van der Waals surface area (Å²) in [6.45, 7) is 7.37. The van der Waals surface area contributed by atoms with Gasteiger partial charge in [-0.25, -0.2) is 13.8 Å². The quantitative estimate of drug-likeness (QED) is 0.204. The first kappa shape index (κ1) is 28.4. The molecule has 0 saturated carbocycles. The molecule has 1 N–H and O–H groups in total. The fourth-order valence-electron chi connectivity index (χ4n) is 3.93. The van der Waals surface area contributed by atoms with Crippen molar-refractivity contribution < 1.29 is 18.6 Å². The van der Waals surface area contributed by atoms with Gasteiger partial charge in [0.2, 0.25) is 0 Å². The zero-order valence-electron chi connectivity index (χ0n) is 21.4. The SMILES string of the molecule is CC(C)(O)COc1cc(F)ccc1CSc1ncc(C(C)(C)c2ccc(Cl)c(Cl)c2)n1-c1ccc(F)cc1. The number of rotatable bonds is 9. The molecule has 4 rings (SSSR count). The minimum atomic E-state index is -1.07. The Morgan fingerprint density at radius 2 is 1.61 bits per heavy atom. The smallest absolute Gasteiger partial charge is 0.173 e. The third kappa shape index (κ3) is 6.52.